The molecule has 1 rings (SSSR count). The normalized spacial score (nSPS) is 11.5. The van der Waals surface area contributed by atoms with Crippen LogP contribution < -0.4 is 4.43 Å². The molecule has 14 heavy (non-hydrogen) atoms. The Kier molecular flexibility index (Phi) is 3.37. The monoisotopic (exact) mass is 206 g/mol. The maximum atomic E-state index is 5.81. The lowest BCUT2D eigenvalue weighted by Gasteiger charge is -2.18. The number of aryl methyl sites for hydroxylation is 1. The summed E-state index contributed by atoms with van der Waals surface area (Å²) < 4.78 is 5.81. The molecule has 1 nitrogen and oxygen atoms in total. The quantitative estimate of drug-likeness (QED) is 0.673. The molecular weight excluding hydrogens is 188 g/mol. The number of benzene rings is 1. The van der Waals surface area contributed by atoms with Crippen molar-refractivity contribution in [2.45, 2.75) is 39.7 Å². The number of rotatable bonds is 2. The molecule has 1 aromatic carbocycles. The maximum Gasteiger partial charge on any atom is 0.316 e. The van der Waals surface area contributed by atoms with E-state index in [1.165, 1.54) is 11.1 Å². The molecule has 0 spiro atoms. The van der Waals surface area contributed by atoms with E-state index < -0.39 is 0 Å². The van der Waals surface area contributed by atoms with Crippen LogP contribution >= 0.6 is 0 Å². The van der Waals surface area contributed by atoms with Crippen molar-refractivity contribution in [3.63, 3.8) is 0 Å². The minimum atomic E-state index is 0.246. The molecule has 0 unspecified atom stereocenters. The average Bonchev–Trinajstić information content (AvgIpc) is 2.06. The predicted molar refractivity (Wildman–Crippen MR) is 62.0 cm³/mol. The summed E-state index contributed by atoms with van der Waals surface area (Å²) in [5.74, 6) is 1.03. The van der Waals surface area contributed by atoms with Crippen LogP contribution in [0.1, 0.15) is 31.9 Å². The van der Waals surface area contributed by atoms with Gasteiger partial charge in [-0.05, 0) is 36.1 Å². The highest BCUT2D eigenvalue weighted by Gasteiger charge is 2.15. The molecule has 0 fully saturated rings. The van der Waals surface area contributed by atoms with Crippen LogP contribution in [0, 0.1) is 13.8 Å². The van der Waals surface area contributed by atoms with Crippen LogP contribution in [-0.2, 0) is 0 Å². The first kappa shape index (κ1) is 11.3. The van der Waals surface area contributed by atoms with Gasteiger partial charge >= 0.3 is 9.76 Å². The van der Waals surface area contributed by atoms with Crippen LogP contribution in [-0.4, -0.2) is 9.76 Å². The molecule has 0 bridgehead atoms. The first-order valence-corrected chi connectivity index (χ1v) is 5.81. The molecule has 0 aliphatic rings. The minimum Gasteiger partial charge on any atom is -0.540 e. The summed E-state index contributed by atoms with van der Waals surface area (Å²) in [6.07, 6.45) is 0. The maximum absolute atomic E-state index is 5.81. The Morgan fingerprint density at radius 2 is 1.79 bits per heavy atom. The van der Waals surface area contributed by atoms with Crippen LogP contribution in [0.3, 0.4) is 0 Å². The topological polar surface area (TPSA) is 9.23 Å². The van der Waals surface area contributed by atoms with E-state index in [-0.39, 0.29) is 5.04 Å². The van der Waals surface area contributed by atoms with Gasteiger partial charge in [-0.1, -0.05) is 32.9 Å². The predicted octanol–water partition coefficient (Wildman–Crippen LogP) is 3.52. The molecule has 0 aliphatic carbocycles. The lowest BCUT2D eigenvalue weighted by molar-refractivity contribution is 0.540. The van der Waals surface area contributed by atoms with Crippen molar-refractivity contribution >= 4 is 9.76 Å². The second kappa shape index (κ2) is 4.18. The summed E-state index contributed by atoms with van der Waals surface area (Å²) in [6.45, 7) is 10.8. The smallest absolute Gasteiger partial charge is 0.316 e. The van der Waals surface area contributed by atoms with Crippen molar-refractivity contribution in [2.75, 3.05) is 0 Å². The summed E-state index contributed by atoms with van der Waals surface area (Å²) in [7, 11) is 0.512. The summed E-state index contributed by atoms with van der Waals surface area (Å²) in [5, 5.41) is 0.246. The van der Waals surface area contributed by atoms with Gasteiger partial charge in [-0.2, -0.15) is 0 Å². The summed E-state index contributed by atoms with van der Waals surface area (Å²) in [6, 6.07) is 6.20. The molecule has 0 aliphatic heterocycles. The first-order valence-electron chi connectivity index (χ1n) is 4.90. The Bertz CT molecular complexity index is 313. The summed E-state index contributed by atoms with van der Waals surface area (Å²) in [5.41, 5.74) is 2.55. The van der Waals surface area contributed by atoms with Gasteiger partial charge in [0.2, 0.25) is 0 Å². The molecule has 1 aromatic rings. The molecule has 0 amide bonds. The van der Waals surface area contributed by atoms with Crippen LogP contribution in [0.25, 0.3) is 0 Å². The van der Waals surface area contributed by atoms with E-state index in [2.05, 4.69) is 40.7 Å². The Morgan fingerprint density at radius 1 is 1.14 bits per heavy atom. The number of hydrogen-bond donors (Lipinski definition) is 0. The van der Waals surface area contributed by atoms with Gasteiger partial charge in [-0.15, -0.1) is 0 Å². The van der Waals surface area contributed by atoms with Gasteiger partial charge < -0.3 is 4.43 Å². The van der Waals surface area contributed by atoms with Crippen molar-refractivity contribution in [1.29, 1.82) is 0 Å². The van der Waals surface area contributed by atoms with Crippen LogP contribution in [0.15, 0.2) is 18.2 Å². The zero-order valence-electron chi connectivity index (χ0n) is 9.64. The third-order valence-electron chi connectivity index (χ3n) is 2.02. The molecule has 0 heterocycles. The van der Waals surface area contributed by atoms with Crippen LogP contribution in [0.2, 0.25) is 5.04 Å². The van der Waals surface area contributed by atoms with Gasteiger partial charge in [-0.25, -0.2) is 0 Å². The van der Waals surface area contributed by atoms with Crippen molar-refractivity contribution in [2.24, 2.45) is 0 Å². The SMILES string of the molecule is Cc1cccc(O[Si]C(C)(C)C)c1C. The van der Waals surface area contributed by atoms with E-state index in [0.717, 1.165) is 5.75 Å². The van der Waals surface area contributed by atoms with Gasteiger partial charge in [0.05, 0.1) is 0 Å². The number of hydrogen-bond acceptors (Lipinski definition) is 1. The largest absolute Gasteiger partial charge is 0.540 e. The van der Waals surface area contributed by atoms with Crippen molar-refractivity contribution in [3.05, 3.63) is 29.3 Å². The average molecular weight is 206 g/mol. The summed E-state index contributed by atoms with van der Waals surface area (Å²) >= 11 is 0. The zero-order chi connectivity index (χ0) is 10.8. The van der Waals surface area contributed by atoms with E-state index in [0.29, 0.717) is 9.76 Å². The molecular formula is C12H18OSi. The molecule has 0 N–H and O–H groups in total. The van der Waals surface area contributed by atoms with Crippen LogP contribution in [0.5, 0.6) is 5.75 Å². The second-order valence-corrected chi connectivity index (χ2v) is 6.56. The molecule has 0 aromatic heterocycles. The molecule has 2 radical (unpaired) electrons. The fraction of sp³-hybridized carbons (Fsp3) is 0.500. The van der Waals surface area contributed by atoms with E-state index in [1.807, 2.05) is 12.1 Å². The van der Waals surface area contributed by atoms with Crippen molar-refractivity contribution in [1.82, 2.24) is 0 Å². The van der Waals surface area contributed by atoms with Gasteiger partial charge in [0.25, 0.3) is 0 Å². The third kappa shape index (κ3) is 3.18. The summed E-state index contributed by atoms with van der Waals surface area (Å²) in [4.78, 5) is 0. The fourth-order valence-electron chi connectivity index (χ4n) is 1.04. The van der Waals surface area contributed by atoms with Crippen molar-refractivity contribution < 1.29 is 4.43 Å². The molecule has 0 saturated carbocycles. The highest BCUT2D eigenvalue weighted by atomic mass is 28.2. The molecule has 76 valence electrons. The third-order valence-corrected chi connectivity index (χ3v) is 2.96. The van der Waals surface area contributed by atoms with Crippen LogP contribution in [0.4, 0.5) is 0 Å². The van der Waals surface area contributed by atoms with E-state index in [9.17, 15) is 0 Å². The first-order chi connectivity index (χ1) is 6.40. The lowest BCUT2D eigenvalue weighted by Crippen LogP contribution is -2.15. The van der Waals surface area contributed by atoms with Gasteiger partial charge in [0.15, 0.2) is 0 Å². The van der Waals surface area contributed by atoms with E-state index >= 15 is 0 Å². The highest BCUT2D eigenvalue weighted by molar-refractivity contribution is 6.32. The van der Waals surface area contributed by atoms with E-state index in [1.54, 1.807) is 0 Å². The molecule has 2 heteroatoms. The second-order valence-electron chi connectivity index (χ2n) is 4.65. The highest BCUT2D eigenvalue weighted by Crippen LogP contribution is 2.25. The van der Waals surface area contributed by atoms with Gasteiger partial charge in [0.1, 0.15) is 5.75 Å². The van der Waals surface area contributed by atoms with E-state index in [4.69, 9.17) is 4.43 Å². The molecule has 0 atom stereocenters. The van der Waals surface area contributed by atoms with Gasteiger partial charge in [-0.3, -0.25) is 0 Å². The fourth-order valence-corrected chi connectivity index (χ4v) is 1.68. The Hall–Kier alpha value is -0.763. The lowest BCUT2D eigenvalue weighted by atomic mass is 10.1. The van der Waals surface area contributed by atoms with Crippen molar-refractivity contribution in [3.8, 4) is 5.75 Å². The Morgan fingerprint density at radius 3 is 2.36 bits per heavy atom. The molecule has 0 saturated heterocycles. The standard InChI is InChI=1S/C12H18OSi/c1-9-7-6-8-11(10(9)2)13-14-12(3,4)5/h6-8H,1-5H3. The zero-order valence-corrected chi connectivity index (χ0v) is 10.6. The minimum absolute atomic E-state index is 0.246. The van der Waals surface area contributed by atoms with Gasteiger partial charge in [0, 0.05) is 0 Å². The Balaban J connectivity index is 2.73. The Labute approximate surface area is 89.4 Å².